The van der Waals surface area contributed by atoms with Gasteiger partial charge in [0.2, 0.25) is 0 Å². The van der Waals surface area contributed by atoms with Gasteiger partial charge in [0.25, 0.3) is 0 Å². The summed E-state index contributed by atoms with van der Waals surface area (Å²) in [6.07, 6.45) is 7.03. The maximum absolute atomic E-state index is 4.80. The normalized spacial score (nSPS) is 20.5. The summed E-state index contributed by atoms with van der Waals surface area (Å²) in [6, 6.07) is 0. The molecule has 4 heteroatoms. The number of aryl methyl sites for hydroxylation is 2. The molecule has 0 aromatic carbocycles. The van der Waals surface area contributed by atoms with E-state index in [1.165, 1.54) is 24.1 Å². The van der Waals surface area contributed by atoms with Crippen molar-refractivity contribution >= 4 is 6.40 Å². The van der Waals surface area contributed by atoms with Gasteiger partial charge in [-0.05, 0) is 30.7 Å². The highest BCUT2D eigenvalue weighted by atomic mass is 16.5. The van der Waals surface area contributed by atoms with Gasteiger partial charge < -0.3 is 4.74 Å². The smallest absolute Gasteiger partial charge is 0.168 e. The average Bonchev–Trinajstić information content (AvgIpc) is 2.57. The largest absolute Gasteiger partial charge is 0.487 e. The first-order valence-corrected chi connectivity index (χ1v) is 5.32. The Morgan fingerprint density at radius 3 is 3.40 bits per heavy atom. The summed E-state index contributed by atoms with van der Waals surface area (Å²) >= 11 is 0. The summed E-state index contributed by atoms with van der Waals surface area (Å²) in [5, 5.41) is 4.44. The summed E-state index contributed by atoms with van der Waals surface area (Å²) in [5.74, 6) is 0.646. The van der Waals surface area contributed by atoms with Crippen molar-refractivity contribution in [3.05, 3.63) is 17.5 Å². The van der Waals surface area contributed by atoms with Crippen molar-refractivity contribution in [2.45, 2.75) is 19.3 Å². The minimum atomic E-state index is 0.646. The van der Waals surface area contributed by atoms with Crippen LogP contribution in [0, 0.1) is 5.92 Å². The van der Waals surface area contributed by atoms with E-state index >= 15 is 0 Å². The van der Waals surface area contributed by atoms with Gasteiger partial charge >= 0.3 is 0 Å². The van der Waals surface area contributed by atoms with Gasteiger partial charge in [-0.15, -0.1) is 0 Å². The van der Waals surface area contributed by atoms with Crippen molar-refractivity contribution < 1.29 is 4.74 Å². The van der Waals surface area contributed by atoms with Gasteiger partial charge in [-0.25, -0.2) is 0 Å². The topological polar surface area (TPSA) is 39.4 Å². The van der Waals surface area contributed by atoms with Crippen molar-refractivity contribution in [3.8, 4) is 0 Å². The Balaban J connectivity index is 1.96. The van der Waals surface area contributed by atoms with E-state index in [9.17, 15) is 0 Å². The molecule has 0 amide bonds. The van der Waals surface area contributed by atoms with Crippen LogP contribution in [0.5, 0.6) is 0 Å². The minimum absolute atomic E-state index is 0.646. The van der Waals surface area contributed by atoms with E-state index in [4.69, 9.17) is 4.74 Å². The standard InChI is InChI=1S/C11H17N3O/c1-14-7-10-5-9(6-12-8-15-2)3-4-11(10)13-14/h7-9H,3-6H2,1-2H3/b12-8+. The number of aromatic nitrogens is 2. The molecule has 1 aromatic heterocycles. The number of nitrogens with zero attached hydrogens (tertiary/aromatic N) is 3. The van der Waals surface area contributed by atoms with Crippen LogP contribution >= 0.6 is 0 Å². The highest BCUT2D eigenvalue weighted by Crippen LogP contribution is 2.24. The van der Waals surface area contributed by atoms with Gasteiger partial charge in [-0.2, -0.15) is 5.10 Å². The maximum Gasteiger partial charge on any atom is 0.168 e. The maximum atomic E-state index is 4.80. The lowest BCUT2D eigenvalue weighted by molar-refractivity contribution is 0.412. The van der Waals surface area contributed by atoms with Gasteiger partial charge in [-0.3, -0.25) is 9.67 Å². The van der Waals surface area contributed by atoms with Crippen LogP contribution in [-0.2, 0) is 24.6 Å². The van der Waals surface area contributed by atoms with Crippen molar-refractivity contribution in [3.63, 3.8) is 0 Å². The van der Waals surface area contributed by atoms with Gasteiger partial charge in [0.05, 0.1) is 12.8 Å². The lowest BCUT2D eigenvalue weighted by Crippen LogP contribution is -2.16. The van der Waals surface area contributed by atoms with E-state index < -0.39 is 0 Å². The molecule has 1 atom stereocenters. The summed E-state index contributed by atoms with van der Waals surface area (Å²) in [5.41, 5.74) is 2.66. The molecule has 0 N–H and O–H groups in total. The molecule has 1 aliphatic carbocycles. The zero-order chi connectivity index (χ0) is 10.7. The van der Waals surface area contributed by atoms with Crippen LogP contribution in [0.15, 0.2) is 11.2 Å². The van der Waals surface area contributed by atoms with Crippen LogP contribution < -0.4 is 0 Å². The van der Waals surface area contributed by atoms with Gasteiger partial charge in [0.15, 0.2) is 6.40 Å². The minimum Gasteiger partial charge on any atom is -0.487 e. The third-order valence-corrected chi connectivity index (χ3v) is 2.83. The molecule has 0 saturated carbocycles. The number of ether oxygens (including phenoxy) is 1. The van der Waals surface area contributed by atoms with Crippen LogP contribution in [0.2, 0.25) is 0 Å². The Labute approximate surface area is 90.0 Å². The third kappa shape index (κ3) is 2.37. The summed E-state index contributed by atoms with van der Waals surface area (Å²) in [4.78, 5) is 4.22. The molecule has 15 heavy (non-hydrogen) atoms. The second kappa shape index (κ2) is 4.47. The van der Waals surface area contributed by atoms with E-state index in [0.717, 1.165) is 19.4 Å². The number of rotatable bonds is 3. The second-order valence-corrected chi connectivity index (χ2v) is 4.09. The van der Waals surface area contributed by atoms with Gasteiger partial charge in [0, 0.05) is 19.8 Å². The summed E-state index contributed by atoms with van der Waals surface area (Å²) in [7, 11) is 3.61. The highest BCUT2D eigenvalue weighted by Gasteiger charge is 2.20. The van der Waals surface area contributed by atoms with Crippen LogP contribution in [0.25, 0.3) is 0 Å². The number of hydrogen-bond donors (Lipinski definition) is 0. The number of fused-ring (bicyclic) bond motifs is 1. The molecule has 1 heterocycles. The fourth-order valence-corrected chi connectivity index (χ4v) is 2.14. The average molecular weight is 207 g/mol. The second-order valence-electron chi connectivity index (χ2n) is 4.09. The predicted molar refractivity (Wildman–Crippen MR) is 59.1 cm³/mol. The molecule has 0 radical (unpaired) electrons. The molecule has 0 fully saturated rings. The Morgan fingerprint density at radius 1 is 1.73 bits per heavy atom. The van der Waals surface area contributed by atoms with E-state index in [2.05, 4.69) is 16.3 Å². The molecule has 4 nitrogen and oxygen atoms in total. The van der Waals surface area contributed by atoms with Crippen molar-refractivity contribution in [1.29, 1.82) is 0 Å². The molecule has 82 valence electrons. The Bertz CT molecular complexity index is 357. The van der Waals surface area contributed by atoms with E-state index in [1.54, 1.807) is 7.11 Å². The Kier molecular flexibility index (Phi) is 3.04. The lowest BCUT2D eigenvalue weighted by Gasteiger charge is -2.18. The quantitative estimate of drug-likeness (QED) is 0.552. The van der Waals surface area contributed by atoms with Crippen molar-refractivity contribution in [1.82, 2.24) is 9.78 Å². The van der Waals surface area contributed by atoms with E-state index in [0.29, 0.717) is 5.92 Å². The lowest BCUT2D eigenvalue weighted by atomic mass is 9.88. The first-order valence-electron chi connectivity index (χ1n) is 5.32. The summed E-state index contributed by atoms with van der Waals surface area (Å²) in [6.45, 7) is 0.863. The van der Waals surface area contributed by atoms with Crippen LogP contribution in [0.3, 0.4) is 0 Å². The first kappa shape index (κ1) is 10.2. The summed E-state index contributed by atoms with van der Waals surface area (Å²) < 4.78 is 6.71. The zero-order valence-corrected chi connectivity index (χ0v) is 9.31. The third-order valence-electron chi connectivity index (χ3n) is 2.83. The Morgan fingerprint density at radius 2 is 2.60 bits per heavy atom. The van der Waals surface area contributed by atoms with E-state index in [-0.39, 0.29) is 0 Å². The fourth-order valence-electron chi connectivity index (χ4n) is 2.14. The molecular formula is C11H17N3O. The molecule has 1 aliphatic rings. The van der Waals surface area contributed by atoms with E-state index in [1.807, 2.05) is 11.7 Å². The molecule has 2 rings (SSSR count). The van der Waals surface area contributed by atoms with Gasteiger partial charge in [-0.1, -0.05) is 0 Å². The number of hydrogen-bond acceptors (Lipinski definition) is 3. The van der Waals surface area contributed by atoms with Gasteiger partial charge in [0.1, 0.15) is 0 Å². The van der Waals surface area contributed by atoms with Crippen molar-refractivity contribution in [2.24, 2.45) is 18.0 Å². The Hall–Kier alpha value is -1.32. The molecule has 1 aromatic rings. The highest BCUT2D eigenvalue weighted by molar-refractivity contribution is 5.45. The zero-order valence-electron chi connectivity index (χ0n) is 9.31. The SMILES string of the molecule is CO/C=N/CC1CCc2nn(C)cc2C1. The first-order chi connectivity index (χ1) is 7.29. The van der Waals surface area contributed by atoms with Crippen LogP contribution in [-0.4, -0.2) is 29.8 Å². The molecule has 0 spiro atoms. The van der Waals surface area contributed by atoms with Crippen molar-refractivity contribution in [2.75, 3.05) is 13.7 Å². The predicted octanol–water partition coefficient (Wildman–Crippen LogP) is 1.20. The molecular weight excluding hydrogens is 190 g/mol. The molecule has 0 aliphatic heterocycles. The molecule has 1 unspecified atom stereocenters. The fraction of sp³-hybridized carbons (Fsp3) is 0.636. The number of aliphatic imine (C=N–C) groups is 1. The number of methoxy groups -OCH3 is 1. The van der Waals surface area contributed by atoms with Crippen LogP contribution in [0.1, 0.15) is 17.7 Å². The van der Waals surface area contributed by atoms with Crippen LogP contribution in [0.4, 0.5) is 0 Å². The molecule has 0 bridgehead atoms. The monoisotopic (exact) mass is 207 g/mol. The molecule has 0 saturated heterocycles.